The molecule has 0 fully saturated rings. The Morgan fingerprint density at radius 3 is 3.00 bits per heavy atom. The van der Waals surface area contributed by atoms with E-state index in [2.05, 4.69) is 11.4 Å². The lowest BCUT2D eigenvalue weighted by atomic mass is 9.97. The van der Waals surface area contributed by atoms with E-state index in [1.807, 2.05) is 11.9 Å². The monoisotopic (exact) mass is 253 g/mol. The van der Waals surface area contributed by atoms with Crippen LogP contribution in [0.5, 0.6) is 0 Å². The first-order chi connectivity index (χ1) is 8.72. The van der Waals surface area contributed by atoms with Gasteiger partial charge in [-0.05, 0) is 58.7 Å². The van der Waals surface area contributed by atoms with E-state index < -0.39 is 0 Å². The smallest absolute Gasteiger partial charge is 0.234 e. The Labute approximate surface area is 111 Å². The molecule has 1 amide bonds. The predicted octanol–water partition coefficient (Wildman–Crippen LogP) is 1.27. The number of allylic oxidation sites excluding steroid dienone is 1. The van der Waals surface area contributed by atoms with Crippen molar-refractivity contribution in [3.05, 3.63) is 11.6 Å². The Bertz CT molecular complexity index is 276. The number of nitrogens with two attached hydrogens (primary N) is 1. The van der Waals surface area contributed by atoms with Crippen LogP contribution in [0, 0.1) is 0 Å². The molecule has 0 spiro atoms. The Balaban J connectivity index is 2.07. The van der Waals surface area contributed by atoms with Crippen LogP contribution in [0.1, 0.15) is 38.5 Å². The maximum atomic E-state index is 11.7. The Morgan fingerprint density at radius 1 is 1.50 bits per heavy atom. The van der Waals surface area contributed by atoms with Crippen LogP contribution in [0.4, 0.5) is 0 Å². The van der Waals surface area contributed by atoms with Gasteiger partial charge in [-0.3, -0.25) is 9.69 Å². The summed E-state index contributed by atoms with van der Waals surface area (Å²) < 4.78 is 0. The summed E-state index contributed by atoms with van der Waals surface area (Å²) in [5.41, 5.74) is 6.95. The number of amides is 1. The van der Waals surface area contributed by atoms with Crippen LogP contribution in [-0.2, 0) is 4.79 Å². The Kier molecular flexibility index (Phi) is 7.69. The van der Waals surface area contributed by atoms with Crippen molar-refractivity contribution in [2.75, 3.05) is 33.2 Å². The number of hydrogen-bond donors (Lipinski definition) is 2. The van der Waals surface area contributed by atoms with Crippen molar-refractivity contribution in [1.82, 2.24) is 10.2 Å². The van der Waals surface area contributed by atoms with Gasteiger partial charge in [0, 0.05) is 6.54 Å². The predicted molar refractivity (Wildman–Crippen MR) is 75.3 cm³/mol. The number of likely N-dealkylation sites (N-methyl/N-ethyl adjacent to an activating group) is 1. The van der Waals surface area contributed by atoms with Crippen molar-refractivity contribution in [3.8, 4) is 0 Å². The van der Waals surface area contributed by atoms with E-state index in [0.29, 0.717) is 13.1 Å². The van der Waals surface area contributed by atoms with Gasteiger partial charge in [-0.25, -0.2) is 0 Å². The quantitative estimate of drug-likeness (QED) is 0.641. The first-order valence-electron chi connectivity index (χ1n) is 7.05. The number of carbonyl (C=O) groups excluding carboxylic acids is 1. The topological polar surface area (TPSA) is 58.4 Å². The maximum absolute atomic E-state index is 11.7. The molecule has 104 valence electrons. The van der Waals surface area contributed by atoms with Gasteiger partial charge in [-0.1, -0.05) is 11.6 Å². The van der Waals surface area contributed by atoms with Gasteiger partial charge >= 0.3 is 0 Å². The summed E-state index contributed by atoms with van der Waals surface area (Å²) in [6.45, 7) is 2.81. The number of rotatable bonds is 8. The number of carbonyl (C=O) groups is 1. The van der Waals surface area contributed by atoms with E-state index in [1.54, 1.807) is 0 Å². The molecule has 0 heterocycles. The number of hydrogen-bond acceptors (Lipinski definition) is 3. The SMILES string of the molecule is CN(CCCN)CC(=O)NCCC1=CCCCC1. The summed E-state index contributed by atoms with van der Waals surface area (Å²) in [6.07, 6.45) is 9.35. The van der Waals surface area contributed by atoms with Crippen molar-refractivity contribution >= 4 is 5.91 Å². The van der Waals surface area contributed by atoms with E-state index in [0.717, 1.165) is 25.9 Å². The van der Waals surface area contributed by atoms with Crippen molar-refractivity contribution in [2.45, 2.75) is 38.5 Å². The average molecular weight is 253 g/mol. The van der Waals surface area contributed by atoms with E-state index in [4.69, 9.17) is 5.73 Å². The van der Waals surface area contributed by atoms with Gasteiger partial charge < -0.3 is 11.1 Å². The molecule has 0 radical (unpaired) electrons. The summed E-state index contributed by atoms with van der Waals surface area (Å²) in [7, 11) is 1.96. The molecule has 18 heavy (non-hydrogen) atoms. The van der Waals surface area contributed by atoms with Gasteiger partial charge in [0.15, 0.2) is 0 Å². The molecule has 0 aromatic carbocycles. The van der Waals surface area contributed by atoms with Crippen molar-refractivity contribution < 1.29 is 4.79 Å². The lowest BCUT2D eigenvalue weighted by Crippen LogP contribution is -2.36. The molecule has 3 N–H and O–H groups in total. The molecule has 4 nitrogen and oxygen atoms in total. The van der Waals surface area contributed by atoms with Gasteiger partial charge in [0.2, 0.25) is 5.91 Å². The molecule has 0 saturated carbocycles. The Hall–Kier alpha value is -0.870. The third-order valence-electron chi connectivity index (χ3n) is 3.31. The van der Waals surface area contributed by atoms with Crippen molar-refractivity contribution in [1.29, 1.82) is 0 Å². The highest BCUT2D eigenvalue weighted by Crippen LogP contribution is 2.19. The molecule has 1 aliphatic rings. The normalized spacial score (nSPS) is 15.6. The summed E-state index contributed by atoms with van der Waals surface area (Å²) in [4.78, 5) is 13.7. The summed E-state index contributed by atoms with van der Waals surface area (Å²) in [6, 6.07) is 0. The van der Waals surface area contributed by atoms with Crippen LogP contribution in [0.3, 0.4) is 0 Å². The minimum Gasteiger partial charge on any atom is -0.355 e. The van der Waals surface area contributed by atoms with E-state index >= 15 is 0 Å². The second-order valence-electron chi connectivity index (χ2n) is 5.09. The first kappa shape index (κ1) is 15.2. The zero-order valence-corrected chi connectivity index (χ0v) is 11.6. The molecular weight excluding hydrogens is 226 g/mol. The molecule has 0 aromatic rings. The molecule has 0 aliphatic heterocycles. The second kappa shape index (κ2) is 9.11. The van der Waals surface area contributed by atoms with E-state index in [-0.39, 0.29) is 5.91 Å². The van der Waals surface area contributed by atoms with E-state index in [9.17, 15) is 4.79 Å². The third-order valence-corrected chi connectivity index (χ3v) is 3.31. The van der Waals surface area contributed by atoms with Gasteiger partial charge in [-0.15, -0.1) is 0 Å². The molecular formula is C14H27N3O. The lowest BCUT2D eigenvalue weighted by molar-refractivity contribution is -0.121. The fraction of sp³-hybridized carbons (Fsp3) is 0.786. The zero-order chi connectivity index (χ0) is 13.2. The molecule has 1 aliphatic carbocycles. The van der Waals surface area contributed by atoms with Gasteiger partial charge in [0.25, 0.3) is 0 Å². The van der Waals surface area contributed by atoms with Crippen LogP contribution in [0.15, 0.2) is 11.6 Å². The summed E-state index contributed by atoms with van der Waals surface area (Å²) in [5.74, 6) is 0.117. The molecule has 0 aromatic heterocycles. The molecule has 0 bridgehead atoms. The molecule has 1 rings (SSSR count). The fourth-order valence-corrected chi connectivity index (χ4v) is 2.24. The van der Waals surface area contributed by atoms with Gasteiger partial charge in [0.05, 0.1) is 6.54 Å². The van der Waals surface area contributed by atoms with Crippen LogP contribution < -0.4 is 11.1 Å². The molecule has 0 atom stereocenters. The first-order valence-corrected chi connectivity index (χ1v) is 7.05. The minimum absolute atomic E-state index is 0.117. The largest absolute Gasteiger partial charge is 0.355 e. The maximum Gasteiger partial charge on any atom is 0.234 e. The standard InChI is InChI=1S/C14H27N3O/c1-17(11-5-9-15)12-14(18)16-10-8-13-6-3-2-4-7-13/h6H,2-5,7-12,15H2,1H3,(H,16,18). The molecule has 0 unspecified atom stereocenters. The highest BCUT2D eigenvalue weighted by atomic mass is 16.2. The summed E-state index contributed by atoms with van der Waals surface area (Å²) in [5, 5.41) is 2.98. The van der Waals surface area contributed by atoms with E-state index in [1.165, 1.54) is 31.3 Å². The zero-order valence-electron chi connectivity index (χ0n) is 11.6. The van der Waals surface area contributed by atoms with Gasteiger partial charge in [-0.2, -0.15) is 0 Å². The highest BCUT2D eigenvalue weighted by Gasteiger charge is 2.07. The van der Waals surface area contributed by atoms with Crippen LogP contribution >= 0.6 is 0 Å². The average Bonchev–Trinajstić information content (AvgIpc) is 2.37. The van der Waals surface area contributed by atoms with Crippen LogP contribution in [0.25, 0.3) is 0 Å². The minimum atomic E-state index is 0.117. The number of nitrogens with one attached hydrogen (secondary N) is 1. The third kappa shape index (κ3) is 6.77. The van der Waals surface area contributed by atoms with Crippen molar-refractivity contribution in [2.24, 2.45) is 5.73 Å². The summed E-state index contributed by atoms with van der Waals surface area (Å²) >= 11 is 0. The van der Waals surface area contributed by atoms with Gasteiger partial charge in [0.1, 0.15) is 0 Å². The van der Waals surface area contributed by atoms with Crippen LogP contribution in [0.2, 0.25) is 0 Å². The molecule has 4 heteroatoms. The fourth-order valence-electron chi connectivity index (χ4n) is 2.24. The number of nitrogens with zero attached hydrogens (tertiary/aromatic N) is 1. The Morgan fingerprint density at radius 2 is 2.33 bits per heavy atom. The highest BCUT2D eigenvalue weighted by molar-refractivity contribution is 5.77. The van der Waals surface area contributed by atoms with Crippen molar-refractivity contribution in [3.63, 3.8) is 0 Å². The lowest BCUT2D eigenvalue weighted by Gasteiger charge is -2.16. The van der Waals surface area contributed by atoms with Crippen LogP contribution in [-0.4, -0.2) is 44.0 Å². The second-order valence-corrected chi connectivity index (χ2v) is 5.09. The molecule has 0 saturated heterocycles.